The third-order valence-electron chi connectivity index (χ3n) is 0.156. The maximum atomic E-state index is 6.28. The van der Waals surface area contributed by atoms with Crippen molar-refractivity contribution in [3.05, 3.63) is 0 Å². The van der Waals surface area contributed by atoms with Crippen LogP contribution in [-0.2, 0) is 0 Å². The van der Waals surface area contributed by atoms with E-state index in [0.717, 1.165) is 0 Å². The molecule has 0 bridgehead atoms. The highest BCUT2D eigenvalue weighted by molar-refractivity contribution is 5.85. The Kier molecular flexibility index (Phi) is 17.0. The highest BCUT2D eigenvalue weighted by atomic mass is 35.5. The molecule has 0 amide bonds. The van der Waals surface area contributed by atoms with Crippen molar-refractivity contribution in [2.75, 3.05) is 0 Å². The third kappa shape index (κ3) is 365. The van der Waals surface area contributed by atoms with Crippen LogP contribution in [-0.4, -0.2) is 11.9 Å². The van der Waals surface area contributed by atoms with Crippen LogP contribution in [0.2, 0.25) is 0 Å². The fourth-order valence-electron chi connectivity index (χ4n) is 0. The number of guanidine groups is 2. The largest absolute Gasteiger partial charge is 0.370 e. The normalized spacial score (nSPS) is 5.70. The van der Waals surface area contributed by atoms with Gasteiger partial charge in [0.1, 0.15) is 0 Å². The number of halogens is 1. The molecule has 7 nitrogen and oxygen atoms in total. The third-order valence-corrected chi connectivity index (χ3v) is 0.156. The Morgan fingerprint density at radius 1 is 1.10 bits per heavy atom. The minimum Gasteiger partial charge on any atom is -0.370 e. The first-order chi connectivity index (χ1) is 4.00. The van der Waals surface area contributed by atoms with Crippen LogP contribution in [0.15, 0.2) is 0 Å². The van der Waals surface area contributed by atoms with Gasteiger partial charge in [-0.15, -0.1) is 12.4 Å². The van der Waals surface area contributed by atoms with E-state index >= 15 is 0 Å². The lowest BCUT2D eigenvalue weighted by Gasteiger charge is -1.85. The zero-order valence-electron chi connectivity index (χ0n) is 5.22. The Labute approximate surface area is 64.5 Å². The van der Waals surface area contributed by atoms with Crippen LogP contribution in [0, 0.1) is 10.8 Å². The summed E-state index contributed by atoms with van der Waals surface area (Å²) in [5, 5.41) is 12.3. The summed E-state index contributed by atoms with van der Waals surface area (Å²) < 4.78 is 0. The quantitative estimate of drug-likeness (QED) is 0.0929. The summed E-state index contributed by atoms with van der Waals surface area (Å²) in [5.74, 6) is 4.02. The number of hydrogen-bond acceptors (Lipinski definition) is 3. The van der Waals surface area contributed by atoms with Crippen molar-refractivity contribution >= 4 is 24.3 Å². The lowest BCUT2D eigenvalue weighted by Crippen LogP contribution is -2.35. The monoisotopic (exact) mass is 169 g/mol. The first-order valence-corrected chi connectivity index (χ1v) is 1.90. The molecule has 0 saturated carbocycles. The van der Waals surface area contributed by atoms with E-state index in [2.05, 4.69) is 23.0 Å². The predicted octanol–water partition coefficient (Wildman–Crippen LogP) is -2.40. The Balaban J connectivity index is -0.0000000910. The van der Waals surface area contributed by atoms with Crippen LogP contribution in [0.25, 0.3) is 0 Å². The summed E-state index contributed by atoms with van der Waals surface area (Å²) in [6.45, 7) is 0. The van der Waals surface area contributed by atoms with Gasteiger partial charge < -0.3 is 17.2 Å². The van der Waals surface area contributed by atoms with Gasteiger partial charge in [-0.3, -0.25) is 16.2 Å². The summed E-state index contributed by atoms with van der Waals surface area (Å²) in [7, 11) is 0. The van der Waals surface area contributed by atoms with E-state index in [9.17, 15) is 0 Å². The van der Waals surface area contributed by atoms with Gasteiger partial charge >= 0.3 is 0 Å². The fourth-order valence-corrected chi connectivity index (χ4v) is 0. The smallest absolute Gasteiger partial charge is 0.200 e. The molecule has 0 aromatic carbocycles. The zero-order valence-corrected chi connectivity index (χ0v) is 6.03. The van der Waals surface area contributed by atoms with E-state index < -0.39 is 0 Å². The van der Waals surface area contributed by atoms with Gasteiger partial charge in [0.05, 0.1) is 0 Å². The highest BCUT2D eigenvalue weighted by Gasteiger charge is 1.66. The number of hydrazine groups is 1. The molecule has 0 unspecified atom stereocenters. The number of hydrogen-bond donors (Lipinski definition) is 7. The van der Waals surface area contributed by atoms with Gasteiger partial charge in [-0.25, -0.2) is 5.84 Å². The average Bonchev–Trinajstić information content (AvgIpc) is 1.65. The van der Waals surface area contributed by atoms with E-state index in [1.54, 1.807) is 0 Å². The van der Waals surface area contributed by atoms with Crippen molar-refractivity contribution in [3.8, 4) is 0 Å². The van der Waals surface area contributed by atoms with E-state index in [-0.39, 0.29) is 24.3 Å². The van der Waals surface area contributed by atoms with Crippen LogP contribution < -0.4 is 28.5 Å². The van der Waals surface area contributed by atoms with Crippen molar-refractivity contribution in [1.29, 1.82) is 10.8 Å². The average molecular weight is 170 g/mol. The fraction of sp³-hybridized carbons (Fsp3) is 0. The van der Waals surface area contributed by atoms with Crippen LogP contribution in [0.1, 0.15) is 0 Å². The summed E-state index contributed by atoms with van der Waals surface area (Å²) in [5.41, 5.74) is 15.5. The molecule has 0 radical (unpaired) electrons. The molecule has 10 heavy (non-hydrogen) atoms. The molecule has 11 N–H and O–H groups in total. The molecule has 0 heterocycles. The molecule has 8 heteroatoms. The highest BCUT2D eigenvalue weighted by Crippen LogP contribution is 1.25. The summed E-state index contributed by atoms with van der Waals surface area (Å²) in [4.78, 5) is 0. The molecule has 0 aromatic rings. The lowest BCUT2D eigenvalue weighted by atomic mass is 11.1. The second kappa shape index (κ2) is 10.7. The van der Waals surface area contributed by atoms with Crippen molar-refractivity contribution in [2.24, 2.45) is 23.0 Å². The van der Waals surface area contributed by atoms with Crippen LogP contribution in [0.5, 0.6) is 0 Å². The second-order valence-electron chi connectivity index (χ2n) is 1.01. The Hall–Kier alpha value is -1.21. The first-order valence-electron chi connectivity index (χ1n) is 1.90. The van der Waals surface area contributed by atoms with Gasteiger partial charge in [-0.2, -0.15) is 0 Å². The minimum absolute atomic E-state index is 0. The zero-order chi connectivity index (χ0) is 7.86. The van der Waals surface area contributed by atoms with Crippen LogP contribution in [0.3, 0.4) is 0 Å². The molecule has 0 aliphatic carbocycles. The van der Waals surface area contributed by atoms with E-state index in [0.29, 0.717) is 0 Å². The van der Waals surface area contributed by atoms with Gasteiger partial charge in [-0.05, 0) is 0 Å². The molecule has 62 valence electrons. The van der Waals surface area contributed by atoms with Crippen molar-refractivity contribution in [2.45, 2.75) is 0 Å². The Morgan fingerprint density at radius 2 is 1.20 bits per heavy atom. The number of rotatable bonds is 0. The van der Waals surface area contributed by atoms with Gasteiger partial charge in [-0.1, -0.05) is 0 Å². The minimum atomic E-state index is -0.333. The van der Waals surface area contributed by atoms with Gasteiger partial charge in [0, 0.05) is 0 Å². The van der Waals surface area contributed by atoms with Crippen LogP contribution >= 0.6 is 12.4 Å². The van der Waals surface area contributed by atoms with E-state index in [1.165, 1.54) is 0 Å². The van der Waals surface area contributed by atoms with Gasteiger partial charge in [0.25, 0.3) is 0 Å². The van der Waals surface area contributed by atoms with Crippen molar-refractivity contribution < 1.29 is 0 Å². The van der Waals surface area contributed by atoms with E-state index in [4.69, 9.17) is 10.8 Å². The first kappa shape index (κ1) is 15.9. The molecular weight excluding hydrogens is 158 g/mol. The predicted molar refractivity (Wildman–Crippen MR) is 42.6 cm³/mol. The SMILES string of the molecule is Cl.N=C(N)N.N=C(N)NN. The maximum Gasteiger partial charge on any atom is 0.200 e. The molecule has 0 saturated heterocycles. The Bertz CT molecular complexity index is 95.8. The molecule has 0 aliphatic rings. The number of nitrogens with two attached hydrogens (primary N) is 4. The molecule has 0 spiro atoms. The molecule has 0 aliphatic heterocycles. The van der Waals surface area contributed by atoms with Crippen LogP contribution in [0.4, 0.5) is 0 Å². The summed E-state index contributed by atoms with van der Waals surface area (Å²) in [6, 6.07) is 0. The van der Waals surface area contributed by atoms with E-state index in [1.807, 2.05) is 5.43 Å². The lowest BCUT2D eigenvalue weighted by molar-refractivity contribution is 0.995. The molecular formula is C2H12ClN7. The molecule has 0 rings (SSSR count). The maximum absolute atomic E-state index is 6.28. The second-order valence-corrected chi connectivity index (χ2v) is 1.01. The molecule has 0 fully saturated rings. The summed E-state index contributed by atoms with van der Waals surface area (Å²) >= 11 is 0. The Morgan fingerprint density at radius 3 is 1.20 bits per heavy atom. The molecule has 0 aromatic heterocycles. The summed E-state index contributed by atoms with van der Waals surface area (Å²) in [6.07, 6.45) is 0. The van der Waals surface area contributed by atoms with Crippen molar-refractivity contribution in [1.82, 2.24) is 5.43 Å². The number of nitrogens with one attached hydrogen (secondary N) is 3. The van der Waals surface area contributed by atoms with Crippen molar-refractivity contribution in [3.63, 3.8) is 0 Å². The molecule has 0 atom stereocenters. The van der Waals surface area contributed by atoms with Gasteiger partial charge in [0.15, 0.2) is 11.9 Å². The van der Waals surface area contributed by atoms with Gasteiger partial charge in [0.2, 0.25) is 0 Å². The standard InChI is InChI=1S/CH6N4.CH5N3.ClH/c2-1(3)5-4;2-1(3)4;/h4H2,(H4,2,3,5);(H5,2,3,4);1H. The topological polar surface area (TPSA) is 164 Å².